The minimum Gasteiger partial charge on any atom is -0.464 e. The third-order valence-corrected chi connectivity index (χ3v) is 4.20. The van der Waals surface area contributed by atoms with Gasteiger partial charge in [-0.25, -0.2) is 4.79 Å². The van der Waals surface area contributed by atoms with Gasteiger partial charge in [0.15, 0.2) is 0 Å². The van der Waals surface area contributed by atoms with Crippen LogP contribution in [-0.2, 0) is 16.0 Å². The lowest BCUT2D eigenvalue weighted by molar-refractivity contribution is -0.146. The number of nitrogens with two attached hydrogens (primary N) is 1. The monoisotopic (exact) mass is 278 g/mol. The van der Waals surface area contributed by atoms with Gasteiger partial charge in [-0.1, -0.05) is 13.8 Å². The number of fused-ring (bicyclic) bond motifs is 1. The summed E-state index contributed by atoms with van der Waals surface area (Å²) in [7, 11) is 0. The van der Waals surface area contributed by atoms with Crippen molar-refractivity contribution in [3.05, 3.63) is 23.0 Å². The van der Waals surface area contributed by atoms with E-state index in [2.05, 4.69) is 24.5 Å². The van der Waals surface area contributed by atoms with Crippen molar-refractivity contribution in [1.82, 2.24) is 4.57 Å². The van der Waals surface area contributed by atoms with E-state index in [9.17, 15) is 4.79 Å². The van der Waals surface area contributed by atoms with Crippen LogP contribution in [0.3, 0.4) is 0 Å². The number of carbonyl (C=O) groups is 1. The molecule has 0 aliphatic heterocycles. The Bertz CT molecular complexity index is 517. The molecule has 4 heteroatoms. The molecule has 20 heavy (non-hydrogen) atoms. The maximum absolute atomic E-state index is 12.0. The molecule has 0 aromatic carbocycles. The summed E-state index contributed by atoms with van der Waals surface area (Å²) < 4.78 is 7.27. The van der Waals surface area contributed by atoms with E-state index in [0.29, 0.717) is 6.61 Å². The van der Waals surface area contributed by atoms with Crippen molar-refractivity contribution >= 4 is 5.97 Å². The minimum absolute atomic E-state index is 0.0584. The van der Waals surface area contributed by atoms with E-state index in [0.717, 1.165) is 18.5 Å². The predicted octanol–water partition coefficient (Wildman–Crippen LogP) is 2.89. The smallest absolute Gasteiger partial charge is 0.328 e. The summed E-state index contributed by atoms with van der Waals surface area (Å²) in [6, 6.07) is 1.90. The molecule has 2 rings (SSSR count). The first-order chi connectivity index (χ1) is 9.26. The molecule has 1 heterocycles. The molecule has 1 aliphatic rings. The van der Waals surface area contributed by atoms with Crippen LogP contribution in [0.15, 0.2) is 6.07 Å². The average molecular weight is 278 g/mol. The van der Waals surface area contributed by atoms with Gasteiger partial charge in [0.05, 0.1) is 6.61 Å². The summed E-state index contributed by atoms with van der Waals surface area (Å²) in [6.07, 6.45) is 1.94. The first kappa shape index (κ1) is 15.1. The number of hydrogen-bond donors (Lipinski definition) is 1. The molecule has 4 nitrogen and oxygen atoms in total. The molecule has 0 radical (unpaired) electrons. The van der Waals surface area contributed by atoms with Crippen molar-refractivity contribution < 1.29 is 9.53 Å². The number of nitrogens with zero attached hydrogens (tertiary/aromatic N) is 1. The van der Waals surface area contributed by atoms with E-state index >= 15 is 0 Å². The zero-order chi connectivity index (χ0) is 15.1. The zero-order valence-electron chi connectivity index (χ0n) is 13.2. The van der Waals surface area contributed by atoms with E-state index in [1.54, 1.807) is 0 Å². The summed E-state index contributed by atoms with van der Waals surface area (Å²) in [5.41, 5.74) is 9.96. The number of aryl methyl sites for hydroxylation is 1. The van der Waals surface area contributed by atoms with Gasteiger partial charge < -0.3 is 15.0 Å². The SMILES string of the molecule is CCOC(=O)C(C)n1c(C)cc2c1CC(C)(C)CC2N. The van der Waals surface area contributed by atoms with E-state index in [4.69, 9.17) is 10.5 Å². The van der Waals surface area contributed by atoms with Crippen LogP contribution >= 0.6 is 0 Å². The van der Waals surface area contributed by atoms with Gasteiger partial charge in [0.25, 0.3) is 0 Å². The van der Waals surface area contributed by atoms with Crippen LogP contribution in [0.5, 0.6) is 0 Å². The third kappa shape index (κ3) is 2.62. The normalized spacial score (nSPS) is 22.2. The van der Waals surface area contributed by atoms with Gasteiger partial charge in [0, 0.05) is 17.4 Å². The number of hydrogen-bond acceptors (Lipinski definition) is 3. The van der Waals surface area contributed by atoms with E-state index in [1.807, 2.05) is 20.8 Å². The standard InChI is InChI=1S/C16H26N2O2/c1-6-20-15(19)11(3)18-10(2)7-12-13(17)8-16(4,5)9-14(12)18/h7,11,13H,6,8-9,17H2,1-5H3. The fourth-order valence-electron chi connectivity index (χ4n) is 3.38. The van der Waals surface area contributed by atoms with E-state index in [1.165, 1.54) is 11.3 Å². The number of carbonyl (C=O) groups excluding carboxylic acids is 1. The second-order valence-corrected chi connectivity index (χ2v) is 6.64. The van der Waals surface area contributed by atoms with Gasteiger partial charge in [-0.05, 0) is 50.7 Å². The molecular weight excluding hydrogens is 252 g/mol. The van der Waals surface area contributed by atoms with Crippen molar-refractivity contribution in [2.45, 2.75) is 59.5 Å². The second-order valence-electron chi connectivity index (χ2n) is 6.64. The molecule has 112 valence electrons. The molecule has 0 fully saturated rings. The van der Waals surface area contributed by atoms with Crippen molar-refractivity contribution in [3.8, 4) is 0 Å². The summed E-state index contributed by atoms with van der Waals surface area (Å²) in [4.78, 5) is 12.0. The molecule has 0 saturated carbocycles. The Morgan fingerprint density at radius 1 is 1.60 bits per heavy atom. The molecule has 0 spiro atoms. The Kier molecular flexibility index (Phi) is 3.96. The molecule has 1 aromatic rings. The largest absolute Gasteiger partial charge is 0.464 e. The number of aromatic nitrogens is 1. The number of esters is 1. The Hall–Kier alpha value is -1.29. The fraction of sp³-hybridized carbons (Fsp3) is 0.688. The van der Waals surface area contributed by atoms with Crippen LogP contribution in [-0.4, -0.2) is 17.1 Å². The maximum atomic E-state index is 12.0. The number of rotatable bonds is 3. The van der Waals surface area contributed by atoms with Gasteiger partial charge in [0.1, 0.15) is 6.04 Å². The lowest BCUT2D eigenvalue weighted by Gasteiger charge is -2.35. The van der Waals surface area contributed by atoms with Gasteiger partial charge in [-0.15, -0.1) is 0 Å². The Morgan fingerprint density at radius 2 is 2.25 bits per heavy atom. The Balaban J connectivity index is 2.43. The molecule has 1 aromatic heterocycles. The summed E-state index contributed by atoms with van der Waals surface area (Å²) >= 11 is 0. The molecule has 0 saturated heterocycles. The summed E-state index contributed by atoms with van der Waals surface area (Å²) in [6.45, 7) is 10.7. The highest BCUT2D eigenvalue weighted by Crippen LogP contribution is 2.41. The predicted molar refractivity (Wildman–Crippen MR) is 79.5 cm³/mol. The zero-order valence-corrected chi connectivity index (χ0v) is 13.2. The molecule has 2 atom stereocenters. The highest BCUT2D eigenvalue weighted by molar-refractivity contribution is 5.74. The Morgan fingerprint density at radius 3 is 2.85 bits per heavy atom. The minimum atomic E-state index is -0.292. The van der Waals surface area contributed by atoms with Crippen LogP contribution in [0.4, 0.5) is 0 Å². The maximum Gasteiger partial charge on any atom is 0.328 e. The van der Waals surface area contributed by atoms with Crippen LogP contribution < -0.4 is 5.73 Å². The summed E-state index contributed by atoms with van der Waals surface area (Å²) in [5.74, 6) is -0.175. The molecule has 1 aliphatic carbocycles. The highest BCUT2D eigenvalue weighted by atomic mass is 16.5. The summed E-state index contributed by atoms with van der Waals surface area (Å²) in [5, 5.41) is 0. The molecule has 2 unspecified atom stereocenters. The third-order valence-electron chi connectivity index (χ3n) is 4.20. The van der Waals surface area contributed by atoms with Crippen molar-refractivity contribution in [1.29, 1.82) is 0 Å². The van der Waals surface area contributed by atoms with Gasteiger partial charge in [-0.3, -0.25) is 0 Å². The quantitative estimate of drug-likeness (QED) is 0.865. The molecule has 0 amide bonds. The first-order valence-corrected chi connectivity index (χ1v) is 7.39. The number of ether oxygens (including phenoxy) is 1. The lowest BCUT2D eigenvalue weighted by Crippen LogP contribution is -2.32. The van der Waals surface area contributed by atoms with Gasteiger partial charge in [0.2, 0.25) is 0 Å². The molecular formula is C16H26N2O2. The Labute approximate surface area is 121 Å². The first-order valence-electron chi connectivity index (χ1n) is 7.39. The van der Waals surface area contributed by atoms with Crippen molar-refractivity contribution in [2.75, 3.05) is 6.61 Å². The van der Waals surface area contributed by atoms with E-state index in [-0.39, 0.29) is 23.5 Å². The van der Waals surface area contributed by atoms with Gasteiger partial charge in [-0.2, -0.15) is 0 Å². The highest BCUT2D eigenvalue weighted by Gasteiger charge is 2.35. The van der Waals surface area contributed by atoms with Crippen LogP contribution in [0, 0.1) is 12.3 Å². The van der Waals surface area contributed by atoms with E-state index < -0.39 is 0 Å². The second kappa shape index (κ2) is 5.24. The topological polar surface area (TPSA) is 57.2 Å². The molecule has 0 bridgehead atoms. The average Bonchev–Trinajstić information content (AvgIpc) is 2.64. The molecule has 2 N–H and O–H groups in total. The van der Waals surface area contributed by atoms with Crippen molar-refractivity contribution in [3.63, 3.8) is 0 Å². The lowest BCUT2D eigenvalue weighted by atomic mass is 9.74. The van der Waals surface area contributed by atoms with Crippen LogP contribution in [0.25, 0.3) is 0 Å². The van der Waals surface area contributed by atoms with Crippen LogP contribution in [0.1, 0.15) is 63.2 Å². The van der Waals surface area contributed by atoms with Crippen molar-refractivity contribution in [2.24, 2.45) is 11.1 Å². The fourth-order valence-corrected chi connectivity index (χ4v) is 3.38. The van der Waals surface area contributed by atoms with Gasteiger partial charge >= 0.3 is 5.97 Å². The van der Waals surface area contributed by atoms with Crippen LogP contribution in [0.2, 0.25) is 0 Å².